The summed E-state index contributed by atoms with van der Waals surface area (Å²) in [6, 6.07) is 11.6. The minimum Gasteiger partial charge on any atom is -0.387 e. The summed E-state index contributed by atoms with van der Waals surface area (Å²) in [6.07, 6.45) is -4.69. The van der Waals surface area contributed by atoms with Gasteiger partial charge in [-0.3, -0.25) is 9.36 Å². The molecule has 0 aliphatic carbocycles. The normalized spacial score (nSPS) is 24.2. The van der Waals surface area contributed by atoms with Gasteiger partial charge in [0.2, 0.25) is 0 Å². The number of hydrogen-bond acceptors (Lipinski definition) is 9. The number of amides is 1. The SMILES string of the molecule is [2H]C([2H])([2H])NC(=O)[C@H]1O[C@@H](n2cnc3c(NCc4ccccc4)nc(-c4ccsc4)nc32)[C@H](O)[C@@H]1O. The van der Waals surface area contributed by atoms with Crippen molar-refractivity contribution in [2.45, 2.75) is 31.1 Å². The van der Waals surface area contributed by atoms with Crippen LogP contribution >= 0.6 is 11.3 Å². The third kappa shape index (κ3) is 3.95. The number of carbonyl (C=O) groups excluding carboxylic acids is 1. The summed E-state index contributed by atoms with van der Waals surface area (Å²) in [6.45, 7) is -2.30. The van der Waals surface area contributed by atoms with E-state index in [4.69, 9.17) is 8.85 Å². The summed E-state index contributed by atoms with van der Waals surface area (Å²) in [5, 5.41) is 30.0. The molecule has 1 fully saturated rings. The van der Waals surface area contributed by atoms with Crippen LogP contribution in [0.2, 0.25) is 0 Å². The van der Waals surface area contributed by atoms with Crippen molar-refractivity contribution in [1.82, 2.24) is 24.8 Å². The maximum atomic E-state index is 12.4. The highest BCUT2D eigenvalue weighted by molar-refractivity contribution is 7.08. The lowest BCUT2D eigenvalue weighted by Gasteiger charge is -2.17. The highest BCUT2D eigenvalue weighted by atomic mass is 32.1. The zero-order valence-corrected chi connectivity index (χ0v) is 17.9. The number of nitrogens with zero attached hydrogens (tertiary/aromatic N) is 4. The molecular formula is C22H22N6O4S. The molecule has 33 heavy (non-hydrogen) atoms. The molecular weight excluding hydrogens is 444 g/mol. The number of aliphatic hydroxyl groups excluding tert-OH is 2. The number of anilines is 1. The number of carbonyl (C=O) groups is 1. The van der Waals surface area contributed by atoms with Crippen LogP contribution in [0.5, 0.6) is 0 Å². The summed E-state index contributed by atoms with van der Waals surface area (Å²) < 4.78 is 28.7. The van der Waals surface area contributed by atoms with Gasteiger partial charge in [-0.05, 0) is 17.0 Å². The van der Waals surface area contributed by atoms with E-state index in [1.54, 1.807) is 5.32 Å². The van der Waals surface area contributed by atoms with Crippen molar-refractivity contribution in [3.05, 3.63) is 59.0 Å². The fraction of sp³-hybridized carbons (Fsp3) is 0.273. The molecule has 1 saturated heterocycles. The maximum absolute atomic E-state index is 12.4. The van der Waals surface area contributed by atoms with E-state index in [0.717, 1.165) is 11.1 Å². The molecule has 5 rings (SSSR count). The number of thiophene rings is 1. The standard InChI is InChI=1S/C22H22N6O4S/c1-23-21(31)17-15(29)16(30)22(32-17)28-11-25-14-19(24-9-12-5-3-2-4-6-12)26-18(27-20(14)28)13-7-8-33-10-13/h2-8,10-11,15-17,22,29-30H,9H2,1H3,(H,23,31)(H,24,26,27)/t15-,16+,17-,22+/m0/s1/i1D3. The highest BCUT2D eigenvalue weighted by Gasteiger charge is 2.47. The Balaban J connectivity index is 1.51. The van der Waals surface area contributed by atoms with E-state index in [9.17, 15) is 15.0 Å². The minimum absolute atomic E-state index is 0.301. The van der Waals surface area contributed by atoms with Gasteiger partial charge in [-0.15, -0.1) is 0 Å². The Morgan fingerprint density at radius 1 is 1.24 bits per heavy atom. The van der Waals surface area contributed by atoms with Crippen LogP contribution < -0.4 is 10.6 Å². The van der Waals surface area contributed by atoms with Crippen LogP contribution in [0, 0.1) is 0 Å². The van der Waals surface area contributed by atoms with Gasteiger partial charge in [0.1, 0.15) is 12.2 Å². The molecule has 0 spiro atoms. The molecule has 4 aromatic rings. The Morgan fingerprint density at radius 3 is 2.85 bits per heavy atom. The van der Waals surface area contributed by atoms with Gasteiger partial charge in [0.15, 0.2) is 35.1 Å². The number of nitrogens with one attached hydrogen (secondary N) is 2. The summed E-state index contributed by atoms with van der Waals surface area (Å²) >= 11 is 1.49. The molecule has 0 unspecified atom stereocenters. The molecule has 4 atom stereocenters. The molecule has 10 nitrogen and oxygen atoms in total. The molecule has 1 amide bonds. The van der Waals surface area contributed by atoms with Crippen molar-refractivity contribution in [2.24, 2.45) is 0 Å². The Bertz CT molecular complexity index is 1370. The van der Waals surface area contributed by atoms with Crippen molar-refractivity contribution < 1.29 is 23.9 Å². The van der Waals surface area contributed by atoms with Crippen molar-refractivity contribution >= 4 is 34.2 Å². The number of aliphatic hydroxyl groups is 2. The lowest BCUT2D eigenvalue weighted by molar-refractivity contribution is -0.137. The number of hydrogen-bond donors (Lipinski definition) is 4. The zero-order valence-electron chi connectivity index (χ0n) is 20.1. The van der Waals surface area contributed by atoms with Gasteiger partial charge in [-0.25, -0.2) is 15.0 Å². The first-order valence-electron chi connectivity index (χ1n) is 11.6. The predicted molar refractivity (Wildman–Crippen MR) is 122 cm³/mol. The maximum Gasteiger partial charge on any atom is 0.251 e. The van der Waals surface area contributed by atoms with Crippen LogP contribution in [0.4, 0.5) is 5.82 Å². The first-order valence-corrected chi connectivity index (χ1v) is 11.0. The second-order valence-electron chi connectivity index (χ2n) is 7.49. The largest absolute Gasteiger partial charge is 0.387 e. The third-order valence-electron chi connectivity index (χ3n) is 5.40. The number of likely N-dealkylation sites (N-methyl/N-ethyl adjacent to an activating group) is 1. The molecule has 1 aliphatic rings. The van der Waals surface area contributed by atoms with Gasteiger partial charge >= 0.3 is 0 Å². The van der Waals surface area contributed by atoms with Crippen molar-refractivity contribution in [3.8, 4) is 11.4 Å². The first-order chi connectivity index (χ1) is 17.2. The van der Waals surface area contributed by atoms with E-state index < -0.39 is 37.4 Å². The number of fused-ring (bicyclic) bond motifs is 1. The number of benzene rings is 1. The lowest BCUT2D eigenvalue weighted by atomic mass is 10.1. The van der Waals surface area contributed by atoms with Crippen LogP contribution in [0.25, 0.3) is 22.6 Å². The van der Waals surface area contributed by atoms with Gasteiger partial charge in [0.05, 0.1) is 6.33 Å². The summed E-state index contributed by atoms with van der Waals surface area (Å²) in [5.41, 5.74) is 2.50. The molecule has 3 aromatic heterocycles. The summed E-state index contributed by atoms with van der Waals surface area (Å²) in [5.74, 6) is -0.202. The van der Waals surface area contributed by atoms with Gasteiger partial charge < -0.3 is 25.6 Å². The molecule has 11 heteroatoms. The average Bonchev–Trinajstić information content (AvgIpc) is 3.57. The average molecular weight is 470 g/mol. The second kappa shape index (κ2) is 8.87. The summed E-state index contributed by atoms with van der Waals surface area (Å²) in [4.78, 5) is 26.0. The van der Waals surface area contributed by atoms with E-state index in [2.05, 4.69) is 20.3 Å². The summed E-state index contributed by atoms with van der Waals surface area (Å²) in [7, 11) is 0. The number of ether oxygens (including phenoxy) is 1. The molecule has 0 radical (unpaired) electrons. The Kier molecular flexibility index (Phi) is 4.86. The van der Waals surface area contributed by atoms with E-state index in [1.165, 1.54) is 22.2 Å². The van der Waals surface area contributed by atoms with Crippen molar-refractivity contribution in [2.75, 3.05) is 12.3 Å². The Morgan fingerprint density at radius 2 is 2.09 bits per heavy atom. The second-order valence-corrected chi connectivity index (χ2v) is 8.27. The quantitative estimate of drug-likeness (QED) is 0.334. The molecule has 4 N–H and O–H groups in total. The van der Waals surface area contributed by atoms with Crippen LogP contribution in [0.1, 0.15) is 15.9 Å². The van der Waals surface area contributed by atoms with E-state index in [-0.39, 0.29) is 0 Å². The van der Waals surface area contributed by atoms with E-state index in [1.807, 2.05) is 47.2 Å². The molecule has 0 bridgehead atoms. The fourth-order valence-electron chi connectivity index (χ4n) is 3.71. The number of aromatic nitrogens is 4. The molecule has 4 heterocycles. The van der Waals surface area contributed by atoms with Gasteiger partial charge in [-0.2, -0.15) is 11.3 Å². The van der Waals surface area contributed by atoms with Crippen LogP contribution in [0.3, 0.4) is 0 Å². The monoisotopic (exact) mass is 469 g/mol. The van der Waals surface area contributed by atoms with Crippen molar-refractivity contribution in [3.63, 3.8) is 0 Å². The molecule has 0 saturated carbocycles. The Hall–Kier alpha value is -3.38. The van der Waals surface area contributed by atoms with Crippen LogP contribution in [-0.2, 0) is 16.1 Å². The highest BCUT2D eigenvalue weighted by Crippen LogP contribution is 2.34. The number of rotatable bonds is 6. The van der Waals surface area contributed by atoms with Crippen LogP contribution in [0.15, 0.2) is 53.5 Å². The van der Waals surface area contributed by atoms with Crippen LogP contribution in [-0.4, -0.2) is 60.9 Å². The van der Waals surface area contributed by atoms with Crippen molar-refractivity contribution in [1.29, 1.82) is 0 Å². The number of imidazole rings is 1. The smallest absolute Gasteiger partial charge is 0.251 e. The molecule has 1 aliphatic heterocycles. The fourth-order valence-corrected chi connectivity index (χ4v) is 4.34. The minimum atomic E-state index is -2.77. The third-order valence-corrected chi connectivity index (χ3v) is 6.08. The molecule has 170 valence electrons. The first kappa shape index (κ1) is 18.1. The predicted octanol–water partition coefficient (Wildman–Crippen LogP) is 1.53. The van der Waals surface area contributed by atoms with Gasteiger partial charge in [0.25, 0.3) is 5.91 Å². The molecule has 1 aromatic carbocycles. The van der Waals surface area contributed by atoms with Gasteiger partial charge in [-0.1, -0.05) is 30.3 Å². The van der Waals surface area contributed by atoms with Gasteiger partial charge in [0, 0.05) is 28.6 Å². The topological polar surface area (TPSA) is 134 Å². The van der Waals surface area contributed by atoms with E-state index in [0.29, 0.717) is 29.4 Å². The Labute approximate surface area is 197 Å². The van der Waals surface area contributed by atoms with E-state index >= 15 is 0 Å². The zero-order chi connectivity index (χ0) is 25.4. The lowest BCUT2D eigenvalue weighted by Crippen LogP contribution is -2.41.